The van der Waals surface area contributed by atoms with Crippen LogP contribution in [0.4, 0.5) is 5.69 Å². The monoisotopic (exact) mass is 398 g/mol. The highest BCUT2D eigenvalue weighted by Gasteiger charge is 2.25. The molecule has 28 heavy (non-hydrogen) atoms. The molecule has 7 nitrogen and oxygen atoms in total. The van der Waals surface area contributed by atoms with Crippen LogP contribution in [0.2, 0.25) is 0 Å². The number of carbonyl (C=O) groups is 1. The van der Waals surface area contributed by atoms with Gasteiger partial charge < -0.3 is 10.1 Å². The van der Waals surface area contributed by atoms with Crippen molar-refractivity contribution >= 4 is 23.4 Å². The molecule has 0 bridgehead atoms. The van der Waals surface area contributed by atoms with E-state index in [0.717, 1.165) is 12.0 Å². The zero-order chi connectivity index (χ0) is 19.9. The Morgan fingerprint density at radius 3 is 2.75 bits per heavy atom. The third-order valence-electron chi connectivity index (χ3n) is 4.07. The first kappa shape index (κ1) is 19.8. The lowest BCUT2D eigenvalue weighted by atomic mass is 10.1. The number of aromatic amines is 1. The summed E-state index contributed by atoms with van der Waals surface area (Å²) in [6.07, 6.45) is 0.791. The SMILES string of the molecule is CCCn1c(S[C@@H](C(=O)Nc2cccc(OC)c2)c2ccccc2)n[nH]c1=O. The normalized spacial score (nSPS) is 11.8. The lowest BCUT2D eigenvalue weighted by Crippen LogP contribution is -2.21. The Labute approximate surface area is 167 Å². The van der Waals surface area contributed by atoms with E-state index < -0.39 is 5.25 Å². The van der Waals surface area contributed by atoms with Crippen LogP contribution in [-0.4, -0.2) is 27.8 Å². The number of hydrogen-bond acceptors (Lipinski definition) is 5. The van der Waals surface area contributed by atoms with Crippen LogP contribution in [0.5, 0.6) is 5.75 Å². The van der Waals surface area contributed by atoms with Crippen LogP contribution in [0.3, 0.4) is 0 Å². The Morgan fingerprint density at radius 2 is 2.04 bits per heavy atom. The van der Waals surface area contributed by atoms with Crippen molar-refractivity contribution in [1.29, 1.82) is 0 Å². The van der Waals surface area contributed by atoms with Gasteiger partial charge in [0.2, 0.25) is 5.91 Å². The lowest BCUT2D eigenvalue weighted by molar-refractivity contribution is -0.115. The first-order chi connectivity index (χ1) is 13.6. The van der Waals surface area contributed by atoms with Gasteiger partial charge in [-0.3, -0.25) is 9.36 Å². The molecule has 0 saturated carbocycles. The average Bonchev–Trinajstić information content (AvgIpc) is 3.06. The highest BCUT2D eigenvalue weighted by molar-refractivity contribution is 8.00. The van der Waals surface area contributed by atoms with E-state index in [1.165, 1.54) is 11.8 Å². The molecule has 1 amide bonds. The second-order valence-corrected chi connectivity index (χ2v) is 7.17. The number of hydrogen-bond donors (Lipinski definition) is 2. The maximum absolute atomic E-state index is 13.1. The number of nitrogens with zero attached hydrogens (tertiary/aromatic N) is 2. The number of benzene rings is 2. The second-order valence-electron chi connectivity index (χ2n) is 6.09. The van der Waals surface area contributed by atoms with Gasteiger partial charge >= 0.3 is 5.69 Å². The van der Waals surface area contributed by atoms with Gasteiger partial charge in [0.25, 0.3) is 0 Å². The van der Waals surface area contributed by atoms with Gasteiger partial charge in [-0.1, -0.05) is 55.1 Å². The quantitative estimate of drug-likeness (QED) is 0.567. The first-order valence-electron chi connectivity index (χ1n) is 8.94. The van der Waals surface area contributed by atoms with Crippen molar-refractivity contribution in [3.05, 3.63) is 70.6 Å². The molecule has 0 aliphatic rings. The second kappa shape index (κ2) is 9.27. The van der Waals surface area contributed by atoms with E-state index in [-0.39, 0.29) is 11.6 Å². The van der Waals surface area contributed by atoms with Gasteiger partial charge in [0, 0.05) is 18.3 Å². The van der Waals surface area contributed by atoms with Crippen molar-refractivity contribution in [1.82, 2.24) is 14.8 Å². The molecular formula is C20H22N4O3S. The van der Waals surface area contributed by atoms with E-state index in [9.17, 15) is 9.59 Å². The number of rotatable bonds is 8. The standard InChI is InChI=1S/C20H22N4O3S/c1-3-12-24-19(26)22-23-20(24)28-17(14-8-5-4-6-9-14)18(25)21-15-10-7-11-16(13-15)27-2/h4-11,13,17H,3,12H2,1-2H3,(H,21,25)(H,22,26)/t17-/m1/s1. The smallest absolute Gasteiger partial charge is 0.343 e. The molecule has 0 fully saturated rings. The summed E-state index contributed by atoms with van der Waals surface area (Å²) in [5.74, 6) is 0.453. The van der Waals surface area contributed by atoms with Crippen LogP contribution in [0.1, 0.15) is 24.2 Å². The summed E-state index contributed by atoms with van der Waals surface area (Å²) in [5, 5.41) is 9.42. The predicted octanol–water partition coefficient (Wildman–Crippen LogP) is 3.46. The molecule has 1 heterocycles. The molecule has 0 aliphatic heterocycles. The number of ether oxygens (including phenoxy) is 1. The van der Waals surface area contributed by atoms with Crippen molar-refractivity contribution in [3.63, 3.8) is 0 Å². The van der Waals surface area contributed by atoms with Crippen molar-refractivity contribution in [2.24, 2.45) is 0 Å². The minimum Gasteiger partial charge on any atom is -0.497 e. The molecule has 0 unspecified atom stereocenters. The fourth-order valence-corrected chi connectivity index (χ4v) is 3.80. The van der Waals surface area contributed by atoms with Crippen LogP contribution in [0.25, 0.3) is 0 Å². The Kier molecular flexibility index (Phi) is 6.54. The summed E-state index contributed by atoms with van der Waals surface area (Å²) in [6.45, 7) is 2.52. The predicted molar refractivity (Wildman–Crippen MR) is 110 cm³/mol. The third kappa shape index (κ3) is 4.64. The fourth-order valence-electron chi connectivity index (χ4n) is 2.73. The van der Waals surface area contributed by atoms with Gasteiger partial charge in [-0.2, -0.15) is 0 Å². The highest BCUT2D eigenvalue weighted by atomic mass is 32.2. The summed E-state index contributed by atoms with van der Waals surface area (Å²) < 4.78 is 6.77. The number of nitrogens with one attached hydrogen (secondary N) is 2. The largest absolute Gasteiger partial charge is 0.497 e. The number of carbonyl (C=O) groups excluding carboxylic acids is 1. The number of thioether (sulfide) groups is 1. The van der Waals surface area contributed by atoms with E-state index >= 15 is 0 Å². The molecule has 3 aromatic rings. The summed E-state index contributed by atoms with van der Waals surface area (Å²) >= 11 is 1.24. The topological polar surface area (TPSA) is 89.0 Å². The van der Waals surface area contributed by atoms with E-state index in [2.05, 4.69) is 15.5 Å². The number of aromatic nitrogens is 3. The molecule has 1 atom stereocenters. The highest BCUT2D eigenvalue weighted by Crippen LogP contribution is 2.35. The van der Waals surface area contributed by atoms with Gasteiger partial charge in [-0.05, 0) is 24.1 Å². The summed E-state index contributed by atoms with van der Waals surface area (Å²) in [4.78, 5) is 25.1. The van der Waals surface area contributed by atoms with Crippen molar-refractivity contribution in [2.45, 2.75) is 30.3 Å². The minimum atomic E-state index is -0.571. The van der Waals surface area contributed by atoms with Gasteiger partial charge in [-0.15, -0.1) is 5.10 Å². The number of methoxy groups -OCH3 is 1. The Balaban J connectivity index is 1.89. The molecule has 0 saturated heterocycles. The Hall–Kier alpha value is -3.00. The third-order valence-corrected chi connectivity index (χ3v) is 5.32. The van der Waals surface area contributed by atoms with Gasteiger partial charge in [0.05, 0.1) is 7.11 Å². The van der Waals surface area contributed by atoms with Crippen LogP contribution in [-0.2, 0) is 11.3 Å². The molecule has 2 N–H and O–H groups in total. The number of H-pyrrole nitrogens is 1. The van der Waals surface area contributed by atoms with Gasteiger partial charge in [-0.25, -0.2) is 9.89 Å². The molecule has 2 aromatic carbocycles. The van der Waals surface area contributed by atoms with Gasteiger partial charge in [0.1, 0.15) is 11.0 Å². The van der Waals surface area contributed by atoms with Crippen molar-refractivity contribution in [2.75, 3.05) is 12.4 Å². The van der Waals surface area contributed by atoms with Crippen LogP contribution >= 0.6 is 11.8 Å². The van der Waals surface area contributed by atoms with Gasteiger partial charge in [0.15, 0.2) is 5.16 Å². The van der Waals surface area contributed by atoms with Crippen molar-refractivity contribution in [3.8, 4) is 5.75 Å². The van der Waals surface area contributed by atoms with E-state index in [4.69, 9.17) is 4.74 Å². The summed E-state index contributed by atoms with van der Waals surface area (Å²) in [6, 6.07) is 16.6. The zero-order valence-corrected chi connectivity index (χ0v) is 16.5. The molecule has 8 heteroatoms. The average molecular weight is 398 g/mol. The van der Waals surface area contributed by atoms with Crippen LogP contribution < -0.4 is 15.7 Å². The summed E-state index contributed by atoms with van der Waals surface area (Å²) in [7, 11) is 1.58. The molecule has 0 spiro atoms. The lowest BCUT2D eigenvalue weighted by Gasteiger charge is -2.17. The van der Waals surface area contributed by atoms with Crippen LogP contribution in [0, 0.1) is 0 Å². The Morgan fingerprint density at radius 1 is 1.25 bits per heavy atom. The maximum atomic E-state index is 13.1. The Bertz CT molecular complexity index is 984. The van der Waals surface area contributed by atoms with Crippen molar-refractivity contribution < 1.29 is 9.53 Å². The molecular weight excluding hydrogens is 376 g/mol. The molecule has 1 aromatic heterocycles. The number of anilines is 1. The zero-order valence-electron chi connectivity index (χ0n) is 15.7. The first-order valence-corrected chi connectivity index (χ1v) is 9.82. The molecule has 146 valence electrons. The van der Waals surface area contributed by atoms with E-state index in [0.29, 0.717) is 23.1 Å². The summed E-state index contributed by atoms with van der Waals surface area (Å²) in [5.41, 5.74) is 1.19. The minimum absolute atomic E-state index is 0.206. The maximum Gasteiger partial charge on any atom is 0.343 e. The molecule has 0 radical (unpaired) electrons. The molecule has 3 rings (SSSR count). The molecule has 0 aliphatic carbocycles. The fraction of sp³-hybridized carbons (Fsp3) is 0.250. The van der Waals surface area contributed by atoms with E-state index in [1.807, 2.05) is 49.4 Å². The van der Waals surface area contributed by atoms with Crippen LogP contribution in [0.15, 0.2) is 64.5 Å². The number of amides is 1. The van der Waals surface area contributed by atoms with E-state index in [1.54, 1.807) is 23.8 Å².